The molecule has 2 rings (SSSR count). The van der Waals surface area contributed by atoms with Crippen LogP contribution in [0.15, 0.2) is 18.2 Å². The van der Waals surface area contributed by atoms with Crippen LogP contribution >= 0.6 is 34.2 Å². The lowest BCUT2D eigenvalue weighted by atomic mass is 9.94. The Bertz CT molecular complexity index is 453. The van der Waals surface area contributed by atoms with Crippen molar-refractivity contribution in [2.24, 2.45) is 5.92 Å². The maximum atomic E-state index is 12.1. The molecule has 1 aromatic carbocycles. The Morgan fingerprint density at radius 1 is 1.56 bits per heavy atom. The average molecular weight is 379 g/mol. The molecular formula is C13H16ClIN2O. The van der Waals surface area contributed by atoms with Gasteiger partial charge in [0.05, 0.1) is 11.7 Å². The van der Waals surface area contributed by atoms with E-state index >= 15 is 0 Å². The average Bonchev–Trinajstić information content (AvgIpc) is 2.32. The van der Waals surface area contributed by atoms with Crippen molar-refractivity contribution in [2.75, 3.05) is 11.9 Å². The van der Waals surface area contributed by atoms with Crippen molar-refractivity contribution in [2.45, 2.75) is 25.8 Å². The van der Waals surface area contributed by atoms with Crippen LogP contribution in [-0.2, 0) is 4.79 Å². The molecule has 1 saturated heterocycles. The number of piperidine rings is 1. The summed E-state index contributed by atoms with van der Waals surface area (Å²) in [6.07, 6.45) is 2.04. The van der Waals surface area contributed by atoms with Crippen LogP contribution in [0.3, 0.4) is 0 Å². The van der Waals surface area contributed by atoms with Crippen LogP contribution in [0.4, 0.5) is 5.69 Å². The molecule has 98 valence electrons. The van der Waals surface area contributed by atoms with Gasteiger partial charge in [0.15, 0.2) is 0 Å². The van der Waals surface area contributed by atoms with Gasteiger partial charge in [-0.15, -0.1) is 0 Å². The van der Waals surface area contributed by atoms with Crippen LogP contribution in [0, 0.1) is 9.49 Å². The van der Waals surface area contributed by atoms with Gasteiger partial charge >= 0.3 is 0 Å². The SMILES string of the molecule is CC1CCNC(C(=O)Nc2ccc(Cl)cc2I)C1. The van der Waals surface area contributed by atoms with E-state index in [0.717, 1.165) is 28.6 Å². The van der Waals surface area contributed by atoms with Crippen molar-refractivity contribution >= 4 is 45.8 Å². The summed E-state index contributed by atoms with van der Waals surface area (Å²) < 4.78 is 0.956. The van der Waals surface area contributed by atoms with Gasteiger partial charge in [-0.3, -0.25) is 4.79 Å². The monoisotopic (exact) mass is 378 g/mol. The molecule has 0 saturated carbocycles. The third-order valence-electron chi connectivity index (χ3n) is 3.17. The lowest BCUT2D eigenvalue weighted by Crippen LogP contribution is -2.45. The molecule has 1 aromatic rings. The van der Waals surface area contributed by atoms with Crippen LogP contribution < -0.4 is 10.6 Å². The molecule has 1 aliphatic heterocycles. The normalized spacial score (nSPS) is 23.7. The summed E-state index contributed by atoms with van der Waals surface area (Å²) in [5.41, 5.74) is 0.824. The molecule has 0 radical (unpaired) electrons. The van der Waals surface area contributed by atoms with Gasteiger partial charge < -0.3 is 10.6 Å². The molecule has 5 heteroatoms. The van der Waals surface area contributed by atoms with Gasteiger partial charge in [-0.05, 0) is 66.1 Å². The third-order valence-corrected chi connectivity index (χ3v) is 4.30. The molecule has 3 nitrogen and oxygen atoms in total. The molecule has 2 atom stereocenters. The minimum absolute atomic E-state index is 0.0433. The highest BCUT2D eigenvalue weighted by atomic mass is 127. The predicted octanol–water partition coefficient (Wildman–Crippen LogP) is 3.27. The second kappa shape index (κ2) is 6.21. The Morgan fingerprint density at radius 3 is 3.00 bits per heavy atom. The van der Waals surface area contributed by atoms with Crippen LogP contribution in [-0.4, -0.2) is 18.5 Å². The molecule has 0 spiro atoms. The van der Waals surface area contributed by atoms with E-state index in [-0.39, 0.29) is 11.9 Å². The number of nitrogens with one attached hydrogen (secondary N) is 2. The maximum absolute atomic E-state index is 12.1. The lowest BCUT2D eigenvalue weighted by molar-refractivity contribution is -0.119. The zero-order valence-electron chi connectivity index (χ0n) is 10.2. The van der Waals surface area contributed by atoms with E-state index in [2.05, 4.69) is 40.1 Å². The number of halogens is 2. The molecule has 0 aliphatic carbocycles. The minimum atomic E-state index is -0.0831. The fraction of sp³-hybridized carbons (Fsp3) is 0.462. The van der Waals surface area contributed by atoms with Crippen molar-refractivity contribution in [1.82, 2.24) is 5.32 Å². The van der Waals surface area contributed by atoms with Gasteiger partial charge in [-0.25, -0.2) is 0 Å². The first-order valence-electron chi connectivity index (χ1n) is 6.05. The Morgan fingerprint density at radius 2 is 2.33 bits per heavy atom. The van der Waals surface area contributed by atoms with E-state index in [1.54, 1.807) is 6.07 Å². The molecule has 1 heterocycles. The summed E-state index contributed by atoms with van der Waals surface area (Å²) in [7, 11) is 0. The largest absolute Gasteiger partial charge is 0.324 e. The van der Waals surface area contributed by atoms with Crippen molar-refractivity contribution in [3.63, 3.8) is 0 Å². The summed E-state index contributed by atoms with van der Waals surface area (Å²) in [4.78, 5) is 12.1. The predicted molar refractivity (Wildman–Crippen MR) is 83.0 cm³/mol. The van der Waals surface area contributed by atoms with Crippen molar-refractivity contribution in [1.29, 1.82) is 0 Å². The number of carbonyl (C=O) groups excluding carboxylic acids is 1. The number of anilines is 1. The fourth-order valence-corrected chi connectivity index (χ4v) is 3.12. The molecule has 1 fully saturated rings. The third kappa shape index (κ3) is 3.59. The van der Waals surface area contributed by atoms with Crippen molar-refractivity contribution < 1.29 is 4.79 Å². The first kappa shape index (κ1) is 14.1. The van der Waals surface area contributed by atoms with Crippen LogP contribution in [0.1, 0.15) is 19.8 Å². The van der Waals surface area contributed by atoms with Gasteiger partial charge in [-0.1, -0.05) is 18.5 Å². The second-order valence-electron chi connectivity index (χ2n) is 4.75. The van der Waals surface area contributed by atoms with Crippen LogP contribution in [0.25, 0.3) is 0 Å². The molecule has 0 aromatic heterocycles. The first-order chi connectivity index (χ1) is 8.56. The standard InChI is InChI=1S/C13H16ClIN2O/c1-8-4-5-16-12(6-8)13(18)17-11-3-2-9(14)7-10(11)15/h2-3,7-8,12,16H,4-6H2,1H3,(H,17,18). The molecule has 1 aliphatic rings. The lowest BCUT2D eigenvalue weighted by Gasteiger charge is -2.27. The number of hydrogen-bond donors (Lipinski definition) is 2. The van der Waals surface area contributed by atoms with Crippen LogP contribution in [0.2, 0.25) is 5.02 Å². The topological polar surface area (TPSA) is 41.1 Å². The van der Waals surface area contributed by atoms with E-state index < -0.39 is 0 Å². The summed E-state index contributed by atoms with van der Waals surface area (Å²) in [5.74, 6) is 0.646. The summed E-state index contributed by atoms with van der Waals surface area (Å²) >= 11 is 8.07. The highest BCUT2D eigenvalue weighted by Crippen LogP contribution is 2.23. The van der Waals surface area contributed by atoms with Crippen molar-refractivity contribution in [3.05, 3.63) is 26.8 Å². The number of rotatable bonds is 2. The van der Waals surface area contributed by atoms with E-state index in [4.69, 9.17) is 11.6 Å². The van der Waals surface area contributed by atoms with E-state index in [1.807, 2.05) is 12.1 Å². The number of hydrogen-bond acceptors (Lipinski definition) is 2. The van der Waals surface area contributed by atoms with E-state index in [0.29, 0.717) is 10.9 Å². The molecule has 2 unspecified atom stereocenters. The number of carbonyl (C=O) groups is 1. The first-order valence-corrected chi connectivity index (χ1v) is 7.51. The van der Waals surface area contributed by atoms with E-state index in [9.17, 15) is 4.79 Å². The quantitative estimate of drug-likeness (QED) is 0.776. The Labute approximate surface area is 126 Å². The summed E-state index contributed by atoms with van der Waals surface area (Å²) in [6, 6.07) is 5.39. The van der Waals surface area contributed by atoms with Gasteiger partial charge in [0.1, 0.15) is 0 Å². The van der Waals surface area contributed by atoms with Gasteiger partial charge in [0.2, 0.25) is 5.91 Å². The fourth-order valence-electron chi connectivity index (χ4n) is 2.12. The Kier molecular flexibility index (Phi) is 4.86. The Balaban J connectivity index is 2.02. The van der Waals surface area contributed by atoms with Crippen molar-refractivity contribution in [3.8, 4) is 0 Å². The van der Waals surface area contributed by atoms with Gasteiger partial charge in [-0.2, -0.15) is 0 Å². The molecule has 2 N–H and O–H groups in total. The Hall–Kier alpha value is -0.330. The van der Waals surface area contributed by atoms with E-state index in [1.165, 1.54) is 0 Å². The highest BCUT2D eigenvalue weighted by Gasteiger charge is 2.24. The minimum Gasteiger partial charge on any atom is -0.324 e. The zero-order valence-corrected chi connectivity index (χ0v) is 13.1. The highest BCUT2D eigenvalue weighted by molar-refractivity contribution is 14.1. The number of amides is 1. The second-order valence-corrected chi connectivity index (χ2v) is 6.35. The maximum Gasteiger partial charge on any atom is 0.241 e. The number of benzene rings is 1. The zero-order chi connectivity index (χ0) is 13.1. The molecular weight excluding hydrogens is 363 g/mol. The molecule has 0 bridgehead atoms. The molecule has 18 heavy (non-hydrogen) atoms. The van der Waals surface area contributed by atoms with Crippen LogP contribution in [0.5, 0.6) is 0 Å². The summed E-state index contributed by atoms with van der Waals surface area (Å²) in [6.45, 7) is 3.10. The van der Waals surface area contributed by atoms with Gasteiger partial charge in [0, 0.05) is 8.59 Å². The summed E-state index contributed by atoms with van der Waals surface area (Å²) in [5, 5.41) is 6.90. The molecule has 1 amide bonds. The van der Waals surface area contributed by atoms with Gasteiger partial charge in [0.25, 0.3) is 0 Å². The smallest absolute Gasteiger partial charge is 0.241 e.